The van der Waals surface area contributed by atoms with Crippen molar-refractivity contribution in [1.29, 1.82) is 10.7 Å². The number of nitrogens with one attached hydrogen (secondary N) is 2. The molecule has 2 aromatic carbocycles. The zero-order chi connectivity index (χ0) is 24.0. The summed E-state index contributed by atoms with van der Waals surface area (Å²) in [7, 11) is 1.62. The van der Waals surface area contributed by atoms with Crippen molar-refractivity contribution in [2.75, 3.05) is 7.05 Å². The summed E-state index contributed by atoms with van der Waals surface area (Å²) in [5.74, 6) is -0.651. The van der Waals surface area contributed by atoms with Gasteiger partial charge in [-0.3, -0.25) is 15.1 Å². The van der Waals surface area contributed by atoms with Crippen molar-refractivity contribution >= 4 is 11.9 Å². The summed E-state index contributed by atoms with van der Waals surface area (Å²) in [5.41, 5.74) is 3.27. The summed E-state index contributed by atoms with van der Waals surface area (Å²) in [5, 5.41) is 25.3. The highest BCUT2D eigenvalue weighted by Gasteiger charge is 2.49. The quantitative estimate of drug-likeness (QED) is 0.642. The third kappa shape index (κ3) is 3.89. The van der Waals surface area contributed by atoms with Crippen LogP contribution in [-0.4, -0.2) is 33.6 Å². The van der Waals surface area contributed by atoms with Gasteiger partial charge in [-0.2, -0.15) is 10.4 Å². The fourth-order valence-electron chi connectivity index (χ4n) is 4.29. The molecule has 0 radical (unpaired) electrons. The van der Waals surface area contributed by atoms with Gasteiger partial charge in [0.15, 0.2) is 5.96 Å². The van der Waals surface area contributed by atoms with Crippen LogP contribution >= 0.6 is 0 Å². The molecule has 1 aliphatic heterocycles. The molecular weight excluding hydrogens is 412 g/mol. The highest BCUT2D eigenvalue weighted by Crippen LogP contribution is 2.41. The zero-order valence-corrected chi connectivity index (χ0v) is 19.5. The van der Waals surface area contributed by atoms with Crippen LogP contribution in [0.2, 0.25) is 0 Å². The first-order valence-corrected chi connectivity index (χ1v) is 10.8. The second-order valence-corrected chi connectivity index (χ2v) is 9.71. The topological polar surface area (TPSA) is 97.8 Å². The molecule has 2 heterocycles. The summed E-state index contributed by atoms with van der Waals surface area (Å²) >= 11 is 0. The van der Waals surface area contributed by atoms with Gasteiger partial charge >= 0.3 is 0 Å². The Kier molecular flexibility index (Phi) is 5.33. The largest absolute Gasteiger partial charge is 0.346 e. The van der Waals surface area contributed by atoms with E-state index in [2.05, 4.69) is 49.4 Å². The second-order valence-electron chi connectivity index (χ2n) is 9.71. The van der Waals surface area contributed by atoms with Gasteiger partial charge in [-0.15, -0.1) is 0 Å². The van der Waals surface area contributed by atoms with E-state index in [9.17, 15) is 10.1 Å². The monoisotopic (exact) mass is 440 g/mol. The maximum atomic E-state index is 13.4. The van der Waals surface area contributed by atoms with E-state index in [1.54, 1.807) is 30.1 Å². The van der Waals surface area contributed by atoms with Gasteiger partial charge in [0.2, 0.25) is 5.91 Å². The summed E-state index contributed by atoms with van der Waals surface area (Å²) in [6, 6.07) is 17.5. The summed E-state index contributed by atoms with van der Waals surface area (Å²) in [4.78, 5) is 14.8. The number of nitrogens with zero attached hydrogens (tertiary/aromatic N) is 4. The molecule has 3 aromatic rings. The van der Waals surface area contributed by atoms with Crippen molar-refractivity contribution in [3.63, 3.8) is 0 Å². The van der Waals surface area contributed by atoms with Crippen molar-refractivity contribution < 1.29 is 4.79 Å². The molecule has 1 fully saturated rings. The van der Waals surface area contributed by atoms with Gasteiger partial charge in [0, 0.05) is 18.8 Å². The maximum absolute atomic E-state index is 13.4. The average molecular weight is 441 g/mol. The first-order chi connectivity index (χ1) is 15.5. The molecule has 1 aromatic heterocycles. The smallest absolute Gasteiger partial charge is 0.239 e. The second kappa shape index (κ2) is 7.89. The molecule has 0 unspecified atom stereocenters. The van der Waals surface area contributed by atoms with Crippen molar-refractivity contribution in [3.8, 4) is 11.8 Å². The maximum Gasteiger partial charge on any atom is 0.239 e. The van der Waals surface area contributed by atoms with Crippen LogP contribution in [0.4, 0.5) is 0 Å². The Morgan fingerprint density at radius 2 is 1.88 bits per heavy atom. The van der Waals surface area contributed by atoms with Crippen LogP contribution in [0.25, 0.3) is 5.69 Å². The van der Waals surface area contributed by atoms with Gasteiger partial charge in [-0.1, -0.05) is 51.1 Å². The van der Waals surface area contributed by atoms with Crippen molar-refractivity contribution in [2.45, 2.75) is 44.6 Å². The van der Waals surface area contributed by atoms with Crippen molar-refractivity contribution in [1.82, 2.24) is 20.0 Å². The van der Waals surface area contributed by atoms with Crippen LogP contribution in [0.15, 0.2) is 60.9 Å². The van der Waals surface area contributed by atoms with Crippen molar-refractivity contribution in [2.24, 2.45) is 0 Å². The zero-order valence-electron chi connectivity index (χ0n) is 19.5. The van der Waals surface area contributed by atoms with Crippen LogP contribution in [0.1, 0.15) is 55.9 Å². The molecule has 0 bridgehead atoms. The third-order valence-corrected chi connectivity index (χ3v) is 6.40. The average Bonchev–Trinajstić information content (AvgIpc) is 3.29. The minimum Gasteiger partial charge on any atom is -0.346 e. The number of amides is 1. The molecule has 1 saturated heterocycles. The molecule has 0 spiro atoms. The van der Waals surface area contributed by atoms with Gasteiger partial charge in [0.05, 0.1) is 35.0 Å². The number of likely N-dealkylation sites (N-methyl/N-ethyl adjacent to an activating group) is 1. The number of guanidine groups is 1. The van der Waals surface area contributed by atoms with E-state index in [0.717, 1.165) is 16.8 Å². The number of benzene rings is 2. The Bertz CT molecular complexity index is 1260. The normalized spacial score (nSPS) is 21.0. The lowest BCUT2D eigenvalue weighted by atomic mass is 9.74. The minimum absolute atomic E-state index is 0.00861. The lowest BCUT2D eigenvalue weighted by molar-refractivity contribution is -0.131. The molecule has 2 atom stereocenters. The molecule has 1 aliphatic rings. The standard InChI is InChI=1S/C26H28N6O/c1-25(2,3)19-11-9-18(10-12-19)22-23(33)31(5)24(28)30-26(22,4)20-15-29-32(16-20)21-8-6-7-17(13-21)14-27/h6-13,15-16,22H,1-5H3,(H2,28,30)/t22-,26-/m1/s1. The Morgan fingerprint density at radius 3 is 2.52 bits per heavy atom. The number of rotatable bonds is 3. The van der Waals surface area contributed by atoms with E-state index < -0.39 is 11.5 Å². The fourth-order valence-corrected chi connectivity index (χ4v) is 4.29. The molecule has 7 nitrogen and oxygen atoms in total. The number of hydrogen-bond donors (Lipinski definition) is 2. The van der Waals surface area contributed by atoms with Crippen LogP contribution < -0.4 is 5.32 Å². The third-order valence-electron chi connectivity index (χ3n) is 6.40. The van der Waals surface area contributed by atoms with Crippen LogP contribution in [0, 0.1) is 16.7 Å². The highest BCUT2D eigenvalue weighted by atomic mass is 16.2. The molecule has 2 N–H and O–H groups in total. The number of nitriles is 1. The van der Waals surface area contributed by atoms with Crippen LogP contribution in [-0.2, 0) is 15.7 Å². The number of carbonyl (C=O) groups excluding carboxylic acids is 1. The van der Waals surface area contributed by atoms with Gasteiger partial charge in [0.1, 0.15) is 0 Å². The molecule has 7 heteroatoms. The first kappa shape index (κ1) is 22.3. The molecule has 0 aliphatic carbocycles. The molecule has 1 amide bonds. The van der Waals surface area contributed by atoms with E-state index in [-0.39, 0.29) is 17.3 Å². The molecule has 33 heavy (non-hydrogen) atoms. The van der Waals surface area contributed by atoms with Gasteiger partial charge in [-0.05, 0) is 41.7 Å². The predicted molar refractivity (Wildman–Crippen MR) is 127 cm³/mol. The lowest BCUT2D eigenvalue weighted by Crippen LogP contribution is -2.62. The van der Waals surface area contributed by atoms with Crippen molar-refractivity contribution in [3.05, 3.63) is 83.2 Å². The lowest BCUT2D eigenvalue weighted by Gasteiger charge is -2.45. The van der Waals surface area contributed by atoms with E-state index in [4.69, 9.17) is 5.41 Å². The van der Waals surface area contributed by atoms with Crippen LogP contribution in [0.5, 0.6) is 0 Å². The van der Waals surface area contributed by atoms with E-state index in [1.807, 2.05) is 37.4 Å². The molecule has 168 valence electrons. The fraction of sp³-hybridized carbons (Fsp3) is 0.308. The predicted octanol–water partition coefficient (Wildman–Crippen LogP) is 4.04. The number of aromatic nitrogens is 2. The number of carbonyl (C=O) groups is 1. The first-order valence-electron chi connectivity index (χ1n) is 10.8. The van der Waals surface area contributed by atoms with Gasteiger partial charge in [0.25, 0.3) is 0 Å². The Morgan fingerprint density at radius 1 is 1.18 bits per heavy atom. The summed E-state index contributed by atoms with van der Waals surface area (Å²) < 4.78 is 1.69. The van der Waals surface area contributed by atoms with Gasteiger partial charge in [-0.25, -0.2) is 4.68 Å². The Balaban J connectivity index is 1.79. The Labute approximate surface area is 194 Å². The molecule has 4 rings (SSSR count). The number of hydrogen-bond acceptors (Lipinski definition) is 4. The molecular formula is C26H28N6O. The van der Waals surface area contributed by atoms with E-state index in [1.165, 1.54) is 10.5 Å². The van der Waals surface area contributed by atoms with Crippen LogP contribution in [0.3, 0.4) is 0 Å². The summed E-state index contributed by atoms with van der Waals surface area (Å²) in [6.07, 6.45) is 3.57. The van der Waals surface area contributed by atoms with E-state index in [0.29, 0.717) is 5.56 Å². The summed E-state index contributed by atoms with van der Waals surface area (Å²) in [6.45, 7) is 8.40. The van der Waals surface area contributed by atoms with Gasteiger partial charge < -0.3 is 5.32 Å². The molecule has 0 saturated carbocycles. The minimum atomic E-state index is -0.880. The SMILES string of the molecule is CN1C(=N)N[C@](C)(c2cnn(-c3cccc(C#N)c3)c2)[C@H](c2ccc(C(C)(C)C)cc2)C1=O. The Hall–Kier alpha value is -3.92. The highest BCUT2D eigenvalue weighted by molar-refractivity contribution is 6.02. The van der Waals surface area contributed by atoms with E-state index >= 15 is 0 Å².